The third-order valence-corrected chi connectivity index (χ3v) is 3.69. The van der Waals surface area contributed by atoms with Crippen molar-refractivity contribution in [1.82, 2.24) is 19.9 Å². The summed E-state index contributed by atoms with van der Waals surface area (Å²) < 4.78 is 27.3. The molecule has 0 unspecified atom stereocenters. The van der Waals surface area contributed by atoms with Crippen LogP contribution in [0, 0.1) is 0 Å². The molecular weight excluding hydrogens is 302 g/mol. The third-order valence-electron chi connectivity index (χ3n) is 2.77. The lowest BCUT2D eigenvalue weighted by Gasteiger charge is -2.23. The summed E-state index contributed by atoms with van der Waals surface area (Å²) >= 11 is 0. The molecule has 0 radical (unpaired) electrons. The quantitative estimate of drug-likeness (QED) is 0.475. The van der Waals surface area contributed by atoms with Gasteiger partial charge in [0.2, 0.25) is 10.0 Å². The number of hydrogen-bond acceptors (Lipinski definition) is 3. The molecule has 0 spiro atoms. The Balaban J connectivity index is 2.53. The summed E-state index contributed by atoms with van der Waals surface area (Å²) in [5, 5.41) is 6.39. The highest BCUT2D eigenvalue weighted by Gasteiger charge is 2.21. The second-order valence-electron chi connectivity index (χ2n) is 5.80. The van der Waals surface area contributed by atoms with Crippen molar-refractivity contribution in [1.29, 1.82) is 0 Å². The lowest BCUT2D eigenvalue weighted by Crippen LogP contribution is -2.47. The number of sulfonamides is 1. The topological polar surface area (TPSA) is 87.5 Å². The molecule has 0 amide bonds. The first-order chi connectivity index (χ1) is 10.2. The van der Waals surface area contributed by atoms with E-state index in [2.05, 4.69) is 24.9 Å². The lowest BCUT2D eigenvalue weighted by atomic mass is 10.1. The van der Waals surface area contributed by atoms with Crippen LogP contribution in [-0.2, 0) is 16.6 Å². The maximum Gasteiger partial charge on any atom is 0.209 e. The van der Waals surface area contributed by atoms with Crippen LogP contribution in [0.15, 0.2) is 29.5 Å². The predicted molar refractivity (Wildman–Crippen MR) is 90.5 cm³/mol. The molecule has 126 valence electrons. The predicted octanol–water partition coefficient (Wildman–Crippen LogP) is 0.371. The maximum atomic E-state index is 11.3. The van der Waals surface area contributed by atoms with Gasteiger partial charge < -0.3 is 15.2 Å². The first kappa shape index (κ1) is 18.5. The second-order valence-corrected chi connectivity index (χ2v) is 7.55. The molecule has 0 atom stereocenters. The van der Waals surface area contributed by atoms with Crippen LogP contribution in [0.2, 0.25) is 0 Å². The minimum absolute atomic E-state index is 0.346. The SMILES string of the molecule is CCNC(=NCC(C)(C)NS(C)(=O)=O)NCCn1cccc1. The minimum atomic E-state index is -3.25. The summed E-state index contributed by atoms with van der Waals surface area (Å²) in [7, 11) is -3.25. The molecule has 1 aromatic heterocycles. The first-order valence-electron chi connectivity index (χ1n) is 7.34. The van der Waals surface area contributed by atoms with Crippen LogP contribution in [0.25, 0.3) is 0 Å². The van der Waals surface area contributed by atoms with E-state index in [-0.39, 0.29) is 0 Å². The van der Waals surface area contributed by atoms with Gasteiger partial charge in [0.1, 0.15) is 0 Å². The Morgan fingerprint density at radius 1 is 1.23 bits per heavy atom. The fourth-order valence-corrected chi connectivity index (χ4v) is 3.04. The molecule has 0 saturated heterocycles. The molecule has 1 rings (SSSR count). The summed E-state index contributed by atoms with van der Waals surface area (Å²) in [6.07, 6.45) is 5.16. The van der Waals surface area contributed by atoms with E-state index in [1.807, 2.05) is 31.5 Å². The van der Waals surface area contributed by atoms with Crippen LogP contribution in [0.1, 0.15) is 20.8 Å². The van der Waals surface area contributed by atoms with Crippen molar-refractivity contribution in [3.05, 3.63) is 24.5 Å². The van der Waals surface area contributed by atoms with Crippen LogP contribution in [-0.4, -0.2) is 50.4 Å². The number of nitrogens with zero attached hydrogens (tertiary/aromatic N) is 2. The van der Waals surface area contributed by atoms with Crippen molar-refractivity contribution in [2.24, 2.45) is 4.99 Å². The van der Waals surface area contributed by atoms with Crippen molar-refractivity contribution in [2.45, 2.75) is 32.9 Å². The lowest BCUT2D eigenvalue weighted by molar-refractivity contribution is 0.464. The summed E-state index contributed by atoms with van der Waals surface area (Å²) in [4.78, 5) is 4.45. The first-order valence-corrected chi connectivity index (χ1v) is 9.23. The van der Waals surface area contributed by atoms with Crippen molar-refractivity contribution < 1.29 is 8.42 Å². The van der Waals surface area contributed by atoms with E-state index in [0.717, 1.165) is 25.9 Å². The molecule has 0 bridgehead atoms. The second kappa shape index (κ2) is 8.19. The number of hydrogen-bond donors (Lipinski definition) is 3. The van der Waals surface area contributed by atoms with Gasteiger partial charge in [-0.1, -0.05) is 0 Å². The molecule has 7 nitrogen and oxygen atoms in total. The number of aliphatic imine (C=N–C) groups is 1. The van der Waals surface area contributed by atoms with Crippen LogP contribution < -0.4 is 15.4 Å². The molecule has 0 aliphatic rings. The van der Waals surface area contributed by atoms with Crippen molar-refractivity contribution >= 4 is 16.0 Å². The largest absolute Gasteiger partial charge is 0.357 e. The van der Waals surface area contributed by atoms with Gasteiger partial charge in [-0.05, 0) is 32.9 Å². The summed E-state index contributed by atoms with van der Waals surface area (Å²) in [5.41, 5.74) is -0.629. The van der Waals surface area contributed by atoms with Gasteiger partial charge in [-0.25, -0.2) is 13.1 Å². The van der Waals surface area contributed by atoms with Gasteiger partial charge in [0.05, 0.1) is 12.8 Å². The van der Waals surface area contributed by atoms with Crippen molar-refractivity contribution in [3.8, 4) is 0 Å². The zero-order valence-electron chi connectivity index (χ0n) is 13.8. The molecule has 3 N–H and O–H groups in total. The number of aromatic nitrogens is 1. The highest BCUT2D eigenvalue weighted by atomic mass is 32.2. The van der Waals surface area contributed by atoms with Gasteiger partial charge in [0.15, 0.2) is 5.96 Å². The summed E-state index contributed by atoms with van der Waals surface area (Å²) in [5.74, 6) is 0.679. The Bertz CT molecular complexity index is 564. The maximum absolute atomic E-state index is 11.3. The Morgan fingerprint density at radius 3 is 2.41 bits per heavy atom. The molecule has 22 heavy (non-hydrogen) atoms. The normalized spacial score (nSPS) is 13.2. The van der Waals surface area contributed by atoms with Crippen LogP contribution in [0.5, 0.6) is 0 Å². The highest BCUT2D eigenvalue weighted by Crippen LogP contribution is 2.04. The van der Waals surface area contributed by atoms with E-state index >= 15 is 0 Å². The van der Waals surface area contributed by atoms with Crippen LogP contribution in [0.4, 0.5) is 0 Å². The monoisotopic (exact) mass is 329 g/mol. The van der Waals surface area contributed by atoms with Gasteiger partial charge in [-0.3, -0.25) is 4.99 Å². The van der Waals surface area contributed by atoms with E-state index < -0.39 is 15.6 Å². The fourth-order valence-electron chi connectivity index (χ4n) is 1.98. The summed E-state index contributed by atoms with van der Waals surface area (Å²) in [6, 6.07) is 3.97. The molecule has 8 heteroatoms. The molecule has 0 aliphatic heterocycles. The molecule has 1 aromatic rings. The highest BCUT2D eigenvalue weighted by molar-refractivity contribution is 7.88. The Hall–Kier alpha value is -1.54. The Morgan fingerprint density at radius 2 is 1.86 bits per heavy atom. The molecule has 0 aliphatic carbocycles. The standard InChI is InChI=1S/C14H27N5O2S/c1-5-15-13(16-8-11-19-9-6-7-10-19)17-12-14(2,3)18-22(4,20)21/h6-7,9-10,18H,5,8,11-12H2,1-4H3,(H2,15,16,17). The van der Waals surface area contributed by atoms with E-state index in [0.29, 0.717) is 12.5 Å². The molecule has 0 saturated carbocycles. The van der Waals surface area contributed by atoms with Gasteiger partial charge in [-0.2, -0.15) is 0 Å². The van der Waals surface area contributed by atoms with Gasteiger partial charge in [0.25, 0.3) is 0 Å². The number of guanidine groups is 1. The smallest absolute Gasteiger partial charge is 0.209 e. The van der Waals surface area contributed by atoms with Crippen LogP contribution >= 0.6 is 0 Å². The average Bonchev–Trinajstić information content (AvgIpc) is 2.86. The zero-order chi connectivity index (χ0) is 16.6. The van der Waals surface area contributed by atoms with Crippen LogP contribution in [0.3, 0.4) is 0 Å². The minimum Gasteiger partial charge on any atom is -0.357 e. The van der Waals surface area contributed by atoms with E-state index in [1.54, 1.807) is 13.8 Å². The Kier molecular flexibility index (Phi) is 6.89. The Labute approximate surface area is 133 Å². The summed E-state index contributed by atoms with van der Waals surface area (Å²) in [6.45, 7) is 8.27. The van der Waals surface area contributed by atoms with E-state index in [1.165, 1.54) is 0 Å². The molecule has 0 fully saturated rings. The molecule has 1 heterocycles. The van der Waals surface area contributed by atoms with E-state index in [4.69, 9.17) is 0 Å². The van der Waals surface area contributed by atoms with Crippen molar-refractivity contribution in [3.63, 3.8) is 0 Å². The molecular formula is C14H27N5O2S. The van der Waals surface area contributed by atoms with Gasteiger partial charge in [0, 0.05) is 37.6 Å². The fraction of sp³-hybridized carbons (Fsp3) is 0.643. The average molecular weight is 329 g/mol. The van der Waals surface area contributed by atoms with Gasteiger partial charge in [-0.15, -0.1) is 0 Å². The molecule has 0 aromatic carbocycles. The van der Waals surface area contributed by atoms with Gasteiger partial charge >= 0.3 is 0 Å². The third kappa shape index (κ3) is 8.04. The number of nitrogens with one attached hydrogen (secondary N) is 3. The van der Waals surface area contributed by atoms with Crippen molar-refractivity contribution in [2.75, 3.05) is 25.9 Å². The van der Waals surface area contributed by atoms with E-state index in [9.17, 15) is 8.42 Å². The number of rotatable bonds is 8. The zero-order valence-corrected chi connectivity index (χ0v) is 14.6.